The van der Waals surface area contributed by atoms with Crippen LogP contribution < -0.4 is 0 Å². The topological polar surface area (TPSA) is 40.6 Å². The van der Waals surface area contributed by atoms with Crippen molar-refractivity contribution in [2.24, 2.45) is 0 Å². The fourth-order valence-corrected chi connectivity index (χ4v) is 3.22. The summed E-state index contributed by atoms with van der Waals surface area (Å²) in [5, 5.41) is 0. The highest BCUT2D eigenvalue weighted by Crippen LogP contribution is 2.39. The molecule has 1 atom stereocenters. The largest absolute Gasteiger partial charge is 0.312 e. The standard InChI is InChI=1S/C17H13FN2O2/c18-12-7-5-11(6-8-12)16(21)19-9-10-20-15(19)13-3-1-2-4-14(13)17(20)22/h1-8,15H,9-10H2. The van der Waals surface area contributed by atoms with Crippen LogP contribution in [0.1, 0.15) is 32.4 Å². The molecule has 2 heterocycles. The second-order valence-electron chi connectivity index (χ2n) is 5.46. The van der Waals surface area contributed by atoms with Crippen molar-refractivity contribution in [2.45, 2.75) is 6.17 Å². The van der Waals surface area contributed by atoms with E-state index in [1.54, 1.807) is 15.9 Å². The van der Waals surface area contributed by atoms with Crippen LogP contribution in [-0.2, 0) is 0 Å². The first-order valence-electron chi connectivity index (χ1n) is 7.13. The Morgan fingerprint density at radius 1 is 1.05 bits per heavy atom. The van der Waals surface area contributed by atoms with Crippen molar-refractivity contribution >= 4 is 11.8 Å². The Balaban J connectivity index is 1.71. The molecule has 22 heavy (non-hydrogen) atoms. The van der Waals surface area contributed by atoms with Gasteiger partial charge in [0.2, 0.25) is 0 Å². The summed E-state index contributed by atoms with van der Waals surface area (Å²) >= 11 is 0. The Bertz CT molecular complexity index is 772. The predicted octanol–water partition coefficient (Wildman–Crippen LogP) is 2.44. The Labute approximate surface area is 126 Å². The second-order valence-corrected chi connectivity index (χ2v) is 5.46. The fourth-order valence-electron chi connectivity index (χ4n) is 3.22. The third-order valence-electron chi connectivity index (χ3n) is 4.25. The number of carbonyl (C=O) groups is 2. The van der Waals surface area contributed by atoms with E-state index in [4.69, 9.17) is 0 Å². The Morgan fingerprint density at radius 3 is 2.55 bits per heavy atom. The first-order valence-corrected chi connectivity index (χ1v) is 7.13. The number of hydrogen-bond acceptors (Lipinski definition) is 2. The van der Waals surface area contributed by atoms with E-state index in [2.05, 4.69) is 0 Å². The molecule has 0 saturated carbocycles. The van der Waals surface area contributed by atoms with Gasteiger partial charge in [0, 0.05) is 29.8 Å². The van der Waals surface area contributed by atoms with Crippen LogP contribution >= 0.6 is 0 Å². The van der Waals surface area contributed by atoms with E-state index in [1.165, 1.54) is 24.3 Å². The van der Waals surface area contributed by atoms with Crippen LogP contribution in [-0.4, -0.2) is 34.7 Å². The quantitative estimate of drug-likeness (QED) is 0.811. The van der Waals surface area contributed by atoms with E-state index in [0.29, 0.717) is 24.2 Å². The number of amides is 2. The van der Waals surface area contributed by atoms with Crippen LogP contribution in [0.2, 0.25) is 0 Å². The molecule has 5 heteroatoms. The summed E-state index contributed by atoms with van der Waals surface area (Å²) in [6, 6.07) is 12.9. The van der Waals surface area contributed by atoms with Gasteiger partial charge in [0.25, 0.3) is 11.8 Å². The van der Waals surface area contributed by atoms with Gasteiger partial charge >= 0.3 is 0 Å². The lowest BCUT2D eigenvalue weighted by molar-refractivity contribution is 0.0595. The van der Waals surface area contributed by atoms with Crippen molar-refractivity contribution < 1.29 is 14.0 Å². The SMILES string of the molecule is O=C(c1ccc(F)cc1)N1CCN2C(=O)c3ccccc3C12. The van der Waals surface area contributed by atoms with Gasteiger partial charge < -0.3 is 9.80 Å². The molecule has 2 aromatic carbocycles. The zero-order chi connectivity index (χ0) is 15.3. The molecule has 1 unspecified atom stereocenters. The van der Waals surface area contributed by atoms with Gasteiger partial charge in [-0.15, -0.1) is 0 Å². The van der Waals surface area contributed by atoms with Crippen molar-refractivity contribution in [2.75, 3.05) is 13.1 Å². The van der Waals surface area contributed by atoms with Gasteiger partial charge in [-0.2, -0.15) is 0 Å². The molecule has 1 saturated heterocycles. The second kappa shape index (κ2) is 4.66. The van der Waals surface area contributed by atoms with Gasteiger partial charge in [-0.1, -0.05) is 18.2 Å². The summed E-state index contributed by atoms with van der Waals surface area (Å²) < 4.78 is 13.0. The van der Waals surface area contributed by atoms with E-state index in [-0.39, 0.29) is 23.8 Å². The zero-order valence-electron chi connectivity index (χ0n) is 11.7. The number of hydrogen-bond donors (Lipinski definition) is 0. The molecule has 110 valence electrons. The number of nitrogens with zero attached hydrogens (tertiary/aromatic N) is 2. The van der Waals surface area contributed by atoms with Gasteiger partial charge in [-0.25, -0.2) is 4.39 Å². The van der Waals surface area contributed by atoms with Gasteiger partial charge in [0.15, 0.2) is 0 Å². The minimum Gasteiger partial charge on any atom is -0.312 e. The lowest BCUT2D eigenvalue weighted by Gasteiger charge is -2.25. The summed E-state index contributed by atoms with van der Waals surface area (Å²) in [5.41, 5.74) is 1.95. The van der Waals surface area contributed by atoms with Crippen LogP contribution in [0, 0.1) is 5.82 Å². The molecule has 2 aliphatic rings. The third-order valence-corrected chi connectivity index (χ3v) is 4.25. The van der Waals surface area contributed by atoms with E-state index in [1.807, 2.05) is 18.2 Å². The maximum atomic E-state index is 13.0. The average molecular weight is 296 g/mol. The zero-order valence-corrected chi connectivity index (χ0v) is 11.7. The monoisotopic (exact) mass is 296 g/mol. The highest BCUT2D eigenvalue weighted by molar-refractivity contribution is 6.01. The molecule has 0 spiro atoms. The summed E-state index contributed by atoms with van der Waals surface area (Å²) in [5.74, 6) is -0.590. The summed E-state index contributed by atoms with van der Waals surface area (Å²) in [6.45, 7) is 1.01. The fraction of sp³-hybridized carbons (Fsp3) is 0.176. The normalized spacial score (nSPS) is 19.3. The molecule has 0 radical (unpaired) electrons. The van der Waals surface area contributed by atoms with Crippen molar-refractivity contribution in [3.05, 3.63) is 71.0 Å². The molecule has 0 N–H and O–H groups in total. The number of halogens is 1. The van der Waals surface area contributed by atoms with Crippen molar-refractivity contribution in [3.63, 3.8) is 0 Å². The van der Waals surface area contributed by atoms with Crippen molar-refractivity contribution in [3.8, 4) is 0 Å². The van der Waals surface area contributed by atoms with E-state index in [0.717, 1.165) is 5.56 Å². The molecule has 1 fully saturated rings. The van der Waals surface area contributed by atoms with Gasteiger partial charge in [-0.05, 0) is 30.3 Å². The van der Waals surface area contributed by atoms with Crippen LogP contribution in [0.5, 0.6) is 0 Å². The van der Waals surface area contributed by atoms with E-state index < -0.39 is 0 Å². The van der Waals surface area contributed by atoms with Gasteiger partial charge in [-0.3, -0.25) is 9.59 Å². The predicted molar refractivity (Wildman–Crippen MR) is 77.7 cm³/mol. The van der Waals surface area contributed by atoms with Crippen LogP contribution in [0.3, 0.4) is 0 Å². The maximum Gasteiger partial charge on any atom is 0.256 e. The highest BCUT2D eigenvalue weighted by atomic mass is 19.1. The first-order chi connectivity index (χ1) is 10.7. The molecule has 4 rings (SSSR count). The Morgan fingerprint density at radius 2 is 1.77 bits per heavy atom. The number of rotatable bonds is 1. The lowest BCUT2D eigenvalue weighted by Crippen LogP contribution is -2.33. The number of benzene rings is 2. The van der Waals surface area contributed by atoms with E-state index in [9.17, 15) is 14.0 Å². The molecule has 2 aliphatic heterocycles. The molecule has 0 aromatic heterocycles. The molecular weight excluding hydrogens is 283 g/mol. The molecule has 2 amide bonds. The first kappa shape index (κ1) is 13.0. The summed E-state index contributed by atoms with van der Waals surface area (Å²) in [7, 11) is 0. The minimum atomic E-state index is -0.374. The van der Waals surface area contributed by atoms with Crippen molar-refractivity contribution in [1.29, 1.82) is 0 Å². The highest BCUT2D eigenvalue weighted by Gasteiger charge is 2.45. The Hall–Kier alpha value is -2.69. The molecule has 0 aliphatic carbocycles. The van der Waals surface area contributed by atoms with Gasteiger partial charge in [0.1, 0.15) is 12.0 Å². The molecule has 4 nitrogen and oxygen atoms in total. The summed E-state index contributed by atoms with van der Waals surface area (Å²) in [6.07, 6.45) is -0.346. The molecule has 0 bridgehead atoms. The van der Waals surface area contributed by atoms with Crippen LogP contribution in [0.15, 0.2) is 48.5 Å². The van der Waals surface area contributed by atoms with E-state index >= 15 is 0 Å². The average Bonchev–Trinajstić information content (AvgIpc) is 3.09. The number of fused-ring (bicyclic) bond motifs is 3. The minimum absolute atomic E-state index is 0.0324. The molecular formula is C17H13FN2O2. The van der Waals surface area contributed by atoms with Gasteiger partial charge in [0.05, 0.1) is 0 Å². The molecule has 2 aromatic rings. The summed E-state index contributed by atoms with van der Waals surface area (Å²) in [4.78, 5) is 28.4. The Kier molecular flexibility index (Phi) is 2.76. The maximum absolute atomic E-state index is 13.0. The van der Waals surface area contributed by atoms with Crippen molar-refractivity contribution in [1.82, 2.24) is 9.80 Å². The third kappa shape index (κ3) is 1.75. The lowest BCUT2D eigenvalue weighted by atomic mass is 10.1. The smallest absolute Gasteiger partial charge is 0.256 e. The van der Waals surface area contributed by atoms with Crippen LogP contribution in [0.4, 0.5) is 4.39 Å². The number of carbonyl (C=O) groups excluding carboxylic acids is 2. The van der Waals surface area contributed by atoms with Crippen LogP contribution in [0.25, 0.3) is 0 Å².